The Hall–Kier alpha value is -1.53. The van der Waals surface area contributed by atoms with Crippen LogP contribution in [0.2, 0.25) is 5.02 Å². The lowest BCUT2D eigenvalue weighted by molar-refractivity contribution is 0.0936. The third-order valence-corrected chi connectivity index (χ3v) is 3.94. The van der Waals surface area contributed by atoms with E-state index in [-0.39, 0.29) is 11.0 Å². The normalized spacial score (nSPS) is 11.7. The molecule has 126 valence electrons. The predicted octanol–water partition coefficient (Wildman–Crippen LogP) is 4.19. The van der Waals surface area contributed by atoms with Crippen molar-refractivity contribution in [2.24, 2.45) is 0 Å². The molecule has 2 aromatic rings. The smallest absolute Gasteiger partial charge is 0.252 e. The van der Waals surface area contributed by atoms with Crippen LogP contribution in [0.5, 0.6) is 0 Å². The van der Waals surface area contributed by atoms with Crippen LogP contribution in [0.4, 0.5) is 5.69 Å². The quantitative estimate of drug-likeness (QED) is 0.399. The molecule has 0 saturated carbocycles. The lowest BCUT2D eigenvalue weighted by Gasteiger charge is -2.23. The number of halogens is 3. The van der Waals surface area contributed by atoms with Crippen LogP contribution in [0.25, 0.3) is 0 Å². The Labute approximate surface area is 160 Å². The third kappa shape index (κ3) is 5.83. The summed E-state index contributed by atoms with van der Waals surface area (Å²) in [5, 5.41) is 9.41. The molecular weight excluding hydrogens is 389 g/mol. The summed E-state index contributed by atoms with van der Waals surface area (Å²) in [5.74, 6) is -0.311. The second-order valence-corrected chi connectivity index (χ2v) is 6.77. The molecule has 8 heteroatoms. The van der Waals surface area contributed by atoms with E-state index in [0.717, 1.165) is 5.69 Å². The fourth-order valence-electron chi connectivity index (χ4n) is 1.82. The van der Waals surface area contributed by atoms with Crippen molar-refractivity contribution in [2.45, 2.75) is 11.0 Å². The number of carbonyl (C=O) groups is 1. The van der Waals surface area contributed by atoms with Gasteiger partial charge < -0.3 is 16.0 Å². The molecule has 0 heterocycles. The largest absolute Gasteiger partial charge is 0.340 e. The molecule has 0 spiro atoms. The molecule has 0 aliphatic heterocycles. The van der Waals surface area contributed by atoms with E-state index in [0.29, 0.717) is 10.6 Å². The lowest BCUT2D eigenvalue weighted by atomic mass is 10.2. The number of thiocarbonyl (C=S) groups is 1. The standard InChI is InChI=1S/C16H14Cl3N3OS/c17-11-6-8-12(9-7-11)20-16(24)22-14(13(18)19)21-15(23)10-4-2-1-3-5-10/h1-9,13-14H,(H,21,23)(H2,20,22,24). The van der Waals surface area contributed by atoms with Gasteiger partial charge in [-0.1, -0.05) is 29.8 Å². The van der Waals surface area contributed by atoms with Gasteiger partial charge in [-0.15, -0.1) is 23.2 Å². The first-order valence-electron chi connectivity index (χ1n) is 6.93. The Morgan fingerprint density at radius 3 is 2.17 bits per heavy atom. The Kier molecular flexibility index (Phi) is 7.12. The van der Waals surface area contributed by atoms with Gasteiger partial charge in [0.15, 0.2) is 5.11 Å². The molecule has 0 aliphatic carbocycles. The number of carbonyl (C=O) groups excluding carboxylic acids is 1. The van der Waals surface area contributed by atoms with Crippen LogP contribution in [0.3, 0.4) is 0 Å². The summed E-state index contributed by atoms with van der Waals surface area (Å²) in [6, 6.07) is 15.7. The van der Waals surface area contributed by atoms with E-state index < -0.39 is 11.0 Å². The maximum Gasteiger partial charge on any atom is 0.252 e. The van der Waals surface area contributed by atoms with Crippen molar-refractivity contribution in [1.82, 2.24) is 10.6 Å². The van der Waals surface area contributed by atoms with Crippen molar-refractivity contribution >= 4 is 63.7 Å². The third-order valence-electron chi connectivity index (χ3n) is 2.96. The van der Waals surface area contributed by atoms with E-state index in [9.17, 15) is 4.79 Å². The molecule has 0 aliphatic rings. The number of benzene rings is 2. The number of anilines is 1. The van der Waals surface area contributed by atoms with Gasteiger partial charge in [0, 0.05) is 16.3 Å². The summed E-state index contributed by atoms with van der Waals surface area (Å²) in [6.45, 7) is 0. The van der Waals surface area contributed by atoms with Gasteiger partial charge >= 0.3 is 0 Å². The van der Waals surface area contributed by atoms with Gasteiger partial charge in [0.05, 0.1) is 0 Å². The minimum atomic E-state index is -0.900. The van der Waals surface area contributed by atoms with Crippen LogP contribution >= 0.6 is 47.0 Å². The lowest BCUT2D eigenvalue weighted by Crippen LogP contribution is -2.52. The number of rotatable bonds is 5. The molecule has 3 N–H and O–H groups in total. The van der Waals surface area contributed by atoms with Crippen LogP contribution in [0.15, 0.2) is 54.6 Å². The molecule has 0 aromatic heterocycles. The van der Waals surface area contributed by atoms with E-state index >= 15 is 0 Å². The molecular formula is C16H14Cl3N3OS. The first-order chi connectivity index (χ1) is 11.5. The van der Waals surface area contributed by atoms with Crippen LogP contribution < -0.4 is 16.0 Å². The molecule has 4 nitrogen and oxygen atoms in total. The number of nitrogens with one attached hydrogen (secondary N) is 3. The molecule has 24 heavy (non-hydrogen) atoms. The van der Waals surface area contributed by atoms with Crippen LogP contribution in [-0.2, 0) is 0 Å². The molecule has 2 aromatic carbocycles. The van der Waals surface area contributed by atoms with Crippen LogP contribution in [-0.4, -0.2) is 22.0 Å². The molecule has 1 unspecified atom stereocenters. The predicted molar refractivity (Wildman–Crippen MR) is 104 cm³/mol. The minimum Gasteiger partial charge on any atom is -0.340 e. The van der Waals surface area contributed by atoms with Gasteiger partial charge in [-0.2, -0.15) is 0 Å². The van der Waals surface area contributed by atoms with Gasteiger partial charge in [0.1, 0.15) is 11.0 Å². The minimum absolute atomic E-state index is 0.266. The van der Waals surface area contributed by atoms with E-state index in [4.69, 9.17) is 47.0 Å². The zero-order chi connectivity index (χ0) is 17.5. The monoisotopic (exact) mass is 401 g/mol. The van der Waals surface area contributed by atoms with Gasteiger partial charge in [0.25, 0.3) is 5.91 Å². The van der Waals surface area contributed by atoms with E-state index in [1.165, 1.54) is 0 Å². The van der Waals surface area contributed by atoms with Crippen molar-refractivity contribution in [2.75, 3.05) is 5.32 Å². The van der Waals surface area contributed by atoms with Crippen LogP contribution in [0, 0.1) is 0 Å². The summed E-state index contributed by atoms with van der Waals surface area (Å²) in [4.78, 5) is 11.3. The fourth-order valence-corrected chi connectivity index (χ4v) is 2.44. The number of hydrogen-bond acceptors (Lipinski definition) is 2. The summed E-state index contributed by atoms with van der Waals surface area (Å²) >= 11 is 22.9. The summed E-state index contributed by atoms with van der Waals surface area (Å²) < 4.78 is 0. The maximum absolute atomic E-state index is 12.2. The summed E-state index contributed by atoms with van der Waals surface area (Å²) in [5.41, 5.74) is 1.24. The van der Waals surface area contributed by atoms with Gasteiger partial charge in [-0.05, 0) is 48.6 Å². The zero-order valence-corrected chi connectivity index (χ0v) is 15.4. The highest BCUT2D eigenvalue weighted by Gasteiger charge is 2.21. The molecule has 0 radical (unpaired) electrons. The van der Waals surface area contributed by atoms with Crippen molar-refractivity contribution in [1.29, 1.82) is 0 Å². The zero-order valence-electron chi connectivity index (χ0n) is 12.3. The second-order valence-electron chi connectivity index (χ2n) is 4.76. The summed E-state index contributed by atoms with van der Waals surface area (Å²) in [6.07, 6.45) is -0.756. The molecule has 1 atom stereocenters. The van der Waals surface area contributed by atoms with Gasteiger partial charge in [-0.25, -0.2) is 0 Å². The second kappa shape index (κ2) is 9.08. The number of hydrogen-bond donors (Lipinski definition) is 3. The van der Waals surface area contributed by atoms with E-state index in [2.05, 4.69) is 16.0 Å². The van der Waals surface area contributed by atoms with Crippen molar-refractivity contribution in [3.63, 3.8) is 0 Å². The summed E-state index contributed by atoms with van der Waals surface area (Å²) in [7, 11) is 0. The molecule has 1 amide bonds. The fraction of sp³-hybridized carbons (Fsp3) is 0.125. The highest BCUT2D eigenvalue weighted by atomic mass is 35.5. The topological polar surface area (TPSA) is 53.2 Å². The molecule has 0 bridgehead atoms. The maximum atomic E-state index is 12.2. The van der Waals surface area contributed by atoms with E-state index in [1.54, 1.807) is 48.5 Å². The van der Waals surface area contributed by atoms with Crippen molar-refractivity contribution in [3.8, 4) is 0 Å². The Morgan fingerprint density at radius 2 is 1.58 bits per heavy atom. The number of amides is 1. The number of alkyl halides is 2. The van der Waals surface area contributed by atoms with Gasteiger partial charge in [-0.3, -0.25) is 4.79 Å². The first kappa shape index (κ1) is 18.8. The Balaban J connectivity index is 1.96. The highest BCUT2D eigenvalue weighted by Crippen LogP contribution is 2.14. The van der Waals surface area contributed by atoms with Gasteiger partial charge in [0.2, 0.25) is 0 Å². The highest BCUT2D eigenvalue weighted by molar-refractivity contribution is 7.80. The molecule has 0 fully saturated rings. The molecule has 0 saturated heterocycles. The first-order valence-corrected chi connectivity index (χ1v) is 8.59. The Bertz CT molecular complexity index is 695. The van der Waals surface area contributed by atoms with Crippen molar-refractivity contribution < 1.29 is 4.79 Å². The van der Waals surface area contributed by atoms with E-state index in [1.807, 2.05) is 6.07 Å². The molecule has 2 rings (SSSR count). The SMILES string of the molecule is O=C(NC(NC(=S)Nc1ccc(Cl)cc1)C(Cl)Cl)c1ccccc1. The van der Waals surface area contributed by atoms with Crippen molar-refractivity contribution in [3.05, 3.63) is 65.2 Å². The van der Waals surface area contributed by atoms with Crippen LogP contribution in [0.1, 0.15) is 10.4 Å². The average Bonchev–Trinajstić information content (AvgIpc) is 2.57. The average molecular weight is 403 g/mol. The Morgan fingerprint density at radius 1 is 0.958 bits per heavy atom.